The van der Waals surface area contributed by atoms with Crippen molar-refractivity contribution < 1.29 is 5.11 Å². The second-order valence-electron chi connectivity index (χ2n) is 5.02. The molecule has 1 atom stereocenters. The second kappa shape index (κ2) is 5.36. The molecule has 1 N–H and O–H groups in total. The van der Waals surface area contributed by atoms with Crippen LogP contribution < -0.4 is 0 Å². The van der Waals surface area contributed by atoms with E-state index in [4.69, 9.17) is 0 Å². The molecule has 0 saturated carbocycles. The molecule has 1 heterocycles. The summed E-state index contributed by atoms with van der Waals surface area (Å²) in [6.45, 7) is 6.77. The van der Waals surface area contributed by atoms with Gasteiger partial charge in [-0.1, -0.05) is 38.1 Å². The first-order chi connectivity index (χ1) is 8.56. The van der Waals surface area contributed by atoms with Crippen molar-refractivity contribution in [2.45, 2.75) is 39.3 Å². The van der Waals surface area contributed by atoms with Gasteiger partial charge in [0.05, 0.1) is 18.3 Å². The molecular formula is C15H20N2O. The predicted molar refractivity (Wildman–Crippen MR) is 72.5 cm³/mol. The quantitative estimate of drug-likeness (QED) is 0.897. The van der Waals surface area contributed by atoms with Crippen LogP contribution in [0.1, 0.15) is 42.7 Å². The third-order valence-electron chi connectivity index (χ3n) is 3.12. The molecule has 0 radical (unpaired) electrons. The number of aliphatic hydroxyl groups is 1. The van der Waals surface area contributed by atoms with Gasteiger partial charge in [-0.15, -0.1) is 0 Å². The van der Waals surface area contributed by atoms with Gasteiger partial charge in [0.15, 0.2) is 0 Å². The molecule has 0 aliphatic rings. The lowest BCUT2D eigenvalue weighted by Gasteiger charge is -2.12. The minimum absolute atomic E-state index is 0.495. The first-order valence-electron chi connectivity index (χ1n) is 6.34. The minimum atomic E-state index is -0.509. The molecule has 0 bridgehead atoms. The SMILES string of the molecule is Cc1ccn(CC(O)c2ccc(C(C)C)cc2)n1. The molecule has 96 valence electrons. The maximum Gasteiger partial charge on any atom is 0.0985 e. The molecule has 1 aromatic heterocycles. The molecule has 0 fully saturated rings. The van der Waals surface area contributed by atoms with Crippen LogP contribution in [0.2, 0.25) is 0 Å². The Bertz CT molecular complexity index is 499. The highest BCUT2D eigenvalue weighted by atomic mass is 16.3. The van der Waals surface area contributed by atoms with E-state index in [9.17, 15) is 5.11 Å². The zero-order chi connectivity index (χ0) is 13.1. The maximum absolute atomic E-state index is 10.2. The van der Waals surface area contributed by atoms with Crippen molar-refractivity contribution in [1.82, 2.24) is 9.78 Å². The summed E-state index contributed by atoms with van der Waals surface area (Å²) in [5.41, 5.74) is 3.20. The van der Waals surface area contributed by atoms with Crippen LogP contribution in [0.3, 0.4) is 0 Å². The molecule has 3 nitrogen and oxygen atoms in total. The molecule has 0 amide bonds. The summed E-state index contributed by atoms with van der Waals surface area (Å²) in [7, 11) is 0. The zero-order valence-corrected chi connectivity index (χ0v) is 11.2. The lowest BCUT2D eigenvalue weighted by molar-refractivity contribution is 0.151. The van der Waals surface area contributed by atoms with Gasteiger partial charge >= 0.3 is 0 Å². The van der Waals surface area contributed by atoms with Gasteiger partial charge in [0.1, 0.15) is 0 Å². The van der Waals surface area contributed by atoms with Crippen molar-refractivity contribution in [3.05, 3.63) is 53.3 Å². The molecule has 2 rings (SSSR count). The van der Waals surface area contributed by atoms with Gasteiger partial charge in [0.25, 0.3) is 0 Å². The Morgan fingerprint density at radius 2 is 1.72 bits per heavy atom. The molecule has 3 heteroatoms. The van der Waals surface area contributed by atoms with Crippen molar-refractivity contribution >= 4 is 0 Å². The number of hydrogen-bond acceptors (Lipinski definition) is 2. The summed E-state index contributed by atoms with van der Waals surface area (Å²) >= 11 is 0. The van der Waals surface area contributed by atoms with Gasteiger partial charge in [0, 0.05) is 6.20 Å². The fourth-order valence-electron chi connectivity index (χ4n) is 1.95. The van der Waals surface area contributed by atoms with Crippen LogP contribution in [0.5, 0.6) is 0 Å². The highest BCUT2D eigenvalue weighted by molar-refractivity contribution is 5.26. The van der Waals surface area contributed by atoms with E-state index < -0.39 is 6.10 Å². The van der Waals surface area contributed by atoms with Gasteiger partial charge in [0.2, 0.25) is 0 Å². The van der Waals surface area contributed by atoms with Gasteiger partial charge in [-0.3, -0.25) is 4.68 Å². The standard InChI is InChI=1S/C15H20N2O/c1-11(2)13-4-6-14(7-5-13)15(18)10-17-9-8-12(3)16-17/h4-9,11,15,18H,10H2,1-3H3. The van der Waals surface area contributed by atoms with Crippen LogP contribution in [-0.2, 0) is 6.54 Å². The van der Waals surface area contributed by atoms with E-state index in [2.05, 4.69) is 31.1 Å². The second-order valence-corrected chi connectivity index (χ2v) is 5.02. The fourth-order valence-corrected chi connectivity index (χ4v) is 1.95. The molecule has 0 aliphatic carbocycles. The van der Waals surface area contributed by atoms with Gasteiger partial charge < -0.3 is 5.11 Å². The van der Waals surface area contributed by atoms with Crippen molar-refractivity contribution in [2.24, 2.45) is 0 Å². The Hall–Kier alpha value is -1.61. The van der Waals surface area contributed by atoms with E-state index in [1.165, 1.54) is 5.56 Å². The van der Waals surface area contributed by atoms with Crippen molar-refractivity contribution in [3.63, 3.8) is 0 Å². The Labute approximate surface area is 108 Å². The summed E-state index contributed by atoms with van der Waals surface area (Å²) < 4.78 is 1.77. The number of aromatic nitrogens is 2. The highest BCUT2D eigenvalue weighted by Crippen LogP contribution is 2.19. The lowest BCUT2D eigenvalue weighted by Crippen LogP contribution is -2.09. The molecule has 1 aromatic carbocycles. The predicted octanol–water partition coefficient (Wildman–Crippen LogP) is 3.05. The Balaban J connectivity index is 2.06. The summed E-state index contributed by atoms with van der Waals surface area (Å²) in [6, 6.07) is 10.1. The lowest BCUT2D eigenvalue weighted by atomic mass is 10.00. The molecule has 0 aliphatic heterocycles. The van der Waals surface area contributed by atoms with Crippen molar-refractivity contribution in [1.29, 1.82) is 0 Å². The van der Waals surface area contributed by atoms with E-state index in [1.807, 2.05) is 31.3 Å². The minimum Gasteiger partial charge on any atom is -0.386 e. The third kappa shape index (κ3) is 2.99. The van der Waals surface area contributed by atoms with Crippen molar-refractivity contribution in [2.75, 3.05) is 0 Å². The summed E-state index contributed by atoms with van der Waals surface area (Å²) in [4.78, 5) is 0. The third-order valence-corrected chi connectivity index (χ3v) is 3.12. The van der Waals surface area contributed by atoms with E-state index >= 15 is 0 Å². The molecule has 0 spiro atoms. The van der Waals surface area contributed by atoms with E-state index in [1.54, 1.807) is 4.68 Å². The number of hydrogen-bond donors (Lipinski definition) is 1. The zero-order valence-electron chi connectivity index (χ0n) is 11.2. The first-order valence-corrected chi connectivity index (χ1v) is 6.34. The normalized spacial score (nSPS) is 12.9. The van der Waals surface area contributed by atoms with E-state index in [0.29, 0.717) is 12.5 Å². The molecule has 1 unspecified atom stereocenters. The van der Waals surface area contributed by atoms with Gasteiger partial charge in [-0.2, -0.15) is 5.10 Å². The molecule has 18 heavy (non-hydrogen) atoms. The Morgan fingerprint density at radius 3 is 2.22 bits per heavy atom. The number of aryl methyl sites for hydroxylation is 1. The highest BCUT2D eigenvalue weighted by Gasteiger charge is 2.09. The topological polar surface area (TPSA) is 38.0 Å². The Kier molecular flexibility index (Phi) is 3.82. The smallest absolute Gasteiger partial charge is 0.0985 e. The van der Waals surface area contributed by atoms with Crippen LogP contribution in [0.25, 0.3) is 0 Å². The molecular weight excluding hydrogens is 224 g/mol. The van der Waals surface area contributed by atoms with Crippen molar-refractivity contribution in [3.8, 4) is 0 Å². The summed E-state index contributed by atoms with van der Waals surface area (Å²) in [6.07, 6.45) is 1.38. The van der Waals surface area contributed by atoms with Crippen LogP contribution >= 0.6 is 0 Å². The van der Waals surface area contributed by atoms with E-state index in [0.717, 1.165) is 11.3 Å². The maximum atomic E-state index is 10.2. The van der Waals surface area contributed by atoms with Crippen LogP contribution in [0.4, 0.5) is 0 Å². The largest absolute Gasteiger partial charge is 0.386 e. The fraction of sp³-hybridized carbons (Fsp3) is 0.400. The summed E-state index contributed by atoms with van der Waals surface area (Å²) in [5, 5.41) is 14.4. The number of benzene rings is 1. The average Bonchev–Trinajstić information content (AvgIpc) is 2.75. The number of nitrogens with zero attached hydrogens (tertiary/aromatic N) is 2. The Morgan fingerprint density at radius 1 is 1.11 bits per heavy atom. The summed E-state index contributed by atoms with van der Waals surface area (Å²) in [5.74, 6) is 0.518. The van der Waals surface area contributed by atoms with Gasteiger partial charge in [-0.25, -0.2) is 0 Å². The van der Waals surface area contributed by atoms with Crippen LogP contribution in [0, 0.1) is 6.92 Å². The number of aliphatic hydroxyl groups excluding tert-OH is 1. The first kappa shape index (κ1) is 12.8. The van der Waals surface area contributed by atoms with Crippen LogP contribution in [-0.4, -0.2) is 14.9 Å². The molecule has 0 saturated heterocycles. The van der Waals surface area contributed by atoms with E-state index in [-0.39, 0.29) is 0 Å². The molecule has 2 aromatic rings. The average molecular weight is 244 g/mol. The number of rotatable bonds is 4. The monoisotopic (exact) mass is 244 g/mol. The van der Waals surface area contributed by atoms with Crippen LogP contribution in [0.15, 0.2) is 36.5 Å². The van der Waals surface area contributed by atoms with Gasteiger partial charge in [-0.05, 0) is 30.0 Å².